The standard InChI is InChI=1S/C23H26N2O3S/c1-3-18(19-9-5-4-6-10-19)16-24-23(26)17-25(2)29(27,28)22-14-13-20-11-7-8-12-21(20)15-22/h4-15,18H,3,16-17H2,1-2H3,(H,24,26). The van der Waals surface area contributed by atoms with Gasteiger partial charge in [0, 0.05) is 19.5 Å². The van der Waals surface area contributed by atoms with Crippen molar-refractivity contribution in [1.82, 2.24) is 9.62 Å². The van der Waals surface area contributed by atoms with E-state index in [1.54, 1.807) is 18.2 Å². The average Bonchev–Trinajstić information content (AvgIpc) is 2.74. The first-order valence-electron chi connectivity index (χ1n) is 9.68. The fourth-order valence-corrected chi connectivity index (χ4v) is 4.47. The molecule has 3 aromatic rings. The van der Waals surface area contributed by atoms with Gasteiger partial charge in [-0.3, -0.25) is 4.79 Å². The number of likely N-dealkylation sites (N-methyl/N-ethyl adjacent to an activating group) is 1. The van der Waals surface area contributed by atoms with Crippen LogP contribution in [0, 0.1) is 0 Å². The summed E-state index contributed by atoms with van der Waals surface area (Å²) in [5, 5.41) is 4.69. The van der Waals surface area contributed by atoms with Crippen molar-refractivity contribution in [3.63, 3.8) is 0 Å². The van der Waals surface area contributed by atoms with Gasteiger partial charge in [-0.2, -0.15) is 4.31 Å². The van der Waals surface area contributed by atoms with Crippen LogP contribution in [0.5, 0.6) is 0 Å². The molecule has 0 bridgehead atoms. The van der Waals surface area contributed by atoms with E-state index in [4.69, 9.17) is 0 Å². The molecule has 5 nitrogen and oxygen atoms in total. The molecule has 0 saturated heterocycles. The third-order valence-corrected chi connectivity index (χ3v) is 6.90. The molecule has 0 aromatic heterocycles. The average molecular weight is 411 g/mol. The zero-order valence-electron chi connectivity index (χ0n) is 16.7. The quantitative estimate of drug-likeness (QED) is 0.615. The van der Waals surface area contributed by atoms with E-state index in [-0.39, 0.29) is 23.3 Å². The van der Waals surface area contributed by atoms with Crippen molar-refractivity contribution in [2.24, 2.45) is 0 Å². The third-order valence-electron chi connectivity index (χ3n) is 5.10. The summed E-state index contributed by atoms with van der Waals surface area (Å²) in [6, 6.07) is 22.6. The smallest absolute Gasteiger partial charge is 0.243 e. The number of hydrogen-bond donors (Lipinski definition) is 1. The molecule has 0 spiro atoms. The SMILES string of the molecule is CCC(CNC(=O)CN(C)S(=O)(=O)c1ccc2ccccc2c1)c1ccccc1. The number of carbonyl (C=O) groups excluding carboxylic acids is 1. The van der Waals surface area contributed by atoms with E-state index in [0.29, 0.717) is 6.54 Å². The van der Waals surface area contributed by atoms with Gasteiger partial charge in [-0.15, -0.1) is 0 Å². The van der Waals surface area contributed by atoms with Gasteiger partial charge in [-0.1, -0.05) is 67.6 Å². The van der Waals surface area contributed by atoms with Crippen molar-refractivity contribution < 1.29 is 13.2 Å². The molecule has 6 heteroatoms. The summed E-state index contributed by atoms with van der Waals surface area (Å²) >= 11 is 0. The van der Waals surface area contributed by atoms with E-state index < -0.39 is 10.0 Å². The zero-order chi connectivity index (χ0) is 20.9. The minimum absolute atomic E-state index is 0.183. The first-order valence-corrected chi connectivity index (χ1v) is 11.1. The van der Waals surface area contributed by atoms with Crippen molar-refractivity contribution in [2.75, 3.05) is 20.1 Å². The minimum Gasteiger partial charge on any atom is -0.354 e. The topological polar surface area (TPSA) is 66.5 Å². The van der Waals surface area contributed by atoms with E-state index in [1.807, 2.05) is 54.6 Å². The number of fused-ring (bicyclic) bond motifs is 1. The fourth-order valence-electron chi connectivity index (χ4n) is 3.31. The Hall–Kier alpha value is -2.70. The monoisotopic (exact) mass is 410 g/mol. The maximum absolute atomic E-state index is 12.9. The summed E-state index contributed by atoms with van der Waals surface area (Å²) in [6.07, 6.45) is 0.884. The second-order valence-corrected chi connectivity index (χ2v) is 9.13. The molecule has 1 atom stereocenters. The molecule has 3 rings (SSSR count). The Morgan fingerprint density at radius 1 is 0.966 bits per heavy atom. The van der Waals surface area contributed by atoms with Gasteiger partial charge in [0.2, 0.25) is 15.9 Å². The van der Waals surface area contributed by atoms with Crippen LogP contribution in [-0.2, 0) is 14.8 Å². The summed E-state index contributed by atoms with van der Waals surface area (Å²) in [5.74, 6) is -0.117. The van der Waals surface area contributed by atoms with Gasteiger partial charge < -0.3 is 5.32 Å². The Kier molecular flexibility index (Phi) is 6.67. The Labute approximate surface area is 172 Å². The van der Waals surface area contributed by atoms with Crippen LogP contribution in [0.15, 0.2) is 77.7 Å². The van der Waals surface area contributed by atoms with Crippen molar-refractivity contribution in [3.8, 4) is 0 Å². The van der Waals surface area contributed by atoms with Gasteiger partial charge in [-0.05, 0) is 34.9 Å². The van der Waals surface area contributed by atoms with Crippen molar-refractivity contribution in [1.29, 1.82) is 0 Å². The molecule has 0 fully saturated rings. The van der Waals surface area contributed by atoms with Crippen LogP contribution in [0.25, 0.3) is 10.8 Å². The number of hydrogen-bond acceptors (Lipinski definition) is 3. The highest BCUT2D eigenvalue weighted by Crippen LogP contribution is 2.21. The van der Waals surface area contributed by atoms with Crippen molar-refractivity contribution >= 4 is 26.7 Å². The first-order chi connectivity index (χ1) is 13.9. The molecule has 1 amide bonds. The molecular formula is C23H26N2O3S. The molecule has 3 aromatic carbocycles. The van der Waals surface area contributed by atoms with E-state index in [9.17, 15) is 13.2 Å². The molecular weight excluding hydrogens is 384 g/mol. The maximum Gasteiger partial charge on any atom is 0.243 e. The second-order valence-electron chi connectivity index (χ2n) is 7.09. The number of amides is 1. The summed E-state index contributed by atoms with van der Waals surface area (Å²) in [4.78, 5) is 12.6. The number of sulfonamides is 1. The van der Waals surface area contributed by atoms with Crippen LogP contribution in [0.2, 0.25) is 0 Å². The lowest BCUT2D eigenvalue weighted by Crippen LogP contribution is -2.39. The number of nitrogens with one attached hydrogen (secondary N) is 1. The molecule has 29 heavy (non-hydrogen) atoms. The Balaban J connectivity index is 1.64. The lowest BCUT2D eigenvalue weighted by Gasteiger charge is -2.19. The summed E-state index contributed by atoms with van der Waals surface area (Å²) in [7, 11) is -2.32. The van der Waals surface area contributed by atoms with Gasteiger partial charge in [0.05, 0.1) is 11.4 Å². The molecule has 0 radical (unpaired) electrons. The maximum atomic E-state index is 12.9. The molecule has 152 valence electrons. The van der Waals surface area contributed by atoms with Crippen molar-refractivity contribution in [3.05, 3.63) is 78.4 Å². The van der Waals surface area contributed by atoms with Crippen LogP contribution in [0.4, 0.5) is 0 Å². The number of carbonyl (C=O) groups is 1. The molecule has 0 aliphatic rings. The van der Waals surface area contributed by atoms with Crippen molar-refractivity contribution in [2.45, 2.75) is 24.2 Å². The molecule has 0 aliphatic carbocycles. The predicted molar refractivity (Wildman–Crippen MR) is 116 cm³/mol. The highest BCUT2D eigenvalue weighted by molar-refractivity contribution is 7.89. The summed E-state index contributed by atoms with van der Waals surface area (Å²) < 4.78 is 26.8. The second kappa shape index (κ2) is 9.20. The van der Waals surface area contributed by atoms with Gasteiger partial charge >= 0.3 is 0 Å². The Bertz CT molecular complexity index is 1080. The first kappa shape index (κ1) is 21.0. The molecule has 0 heterocycles. The van der Waals surface area contributed by atoms with E-state index in [0.717, 1.165) is 27.1 Å². The summed E-state index contributed by atoms with van der Waals surface area (Å²) in [5.41, 5.74) is 1.16. The van der Waals surface area contributed by atoms with Gasteiger partial charge in [0.25, 0.3) is 0 Å². The van der Waals surface area contributed by atoms with Crippen LogP contribution in [0.3, 0.4) is 0 Å². The van der Waals surface area contributed by atoms with E-state index >= 15 is 0 Å². The highest BCUT2D eigenvalue weighted by atomic mass is 32.2. The lowest BCUT2D eigenvalue weighted by atomic mass is 9.96. The van der Waals surface area contributed by atoms with Gasteiger partial charge in [0.1, 0.15) is 0 Å². The highest BCUT2D eigenvalue weighted by Gasteiger charge is 2.23. The molecule has 1 unspecified atom stereocenters. The minimum atomic E-state index is -3.75. The largest absolute Gasteiger partial charge is 0.354 e. The Morgan fingerprint density at radius 3 is 2.31 bits per heavy atom. The fraction of sp³-hybridized carbons (Fsp3) is 0.261. The van der Waals surface area contributed by atoms with E-state index in [2.05, 4.69) is 12.2 Å². The number of rotatable bonds is 8. The van der Waals surface area contributed by atoms with Gasteiger partial charge in [-0.25, -0.2) is 8.42 Å². The normalized spacial score (nSPS) is 12.8. The number of benzene rings is 3. The number of nitrogens with zero attached hydrogens (tertiary/aromatic N) is 1. The van der Waals surface area contributed by atoms with E-state index in [1.165, 1.54) is 7.05 Å². The summed E-state index contributed by atoms with van der Waals surface area (Å²) in [6.45, 7) is 2.32. The predicted octanol–water partition coefficient (Wildman–Crippen LogP) is 3.77. The lowest BCUT2D eigenvalue weighted by molar-refractivity contribution is -0.121. The third kappa shape index (κ3) is 5.02. The molecule has 0 aliphatic heterocycles. The zero-order valence-corrected chi connectivity index (χ0v) is 17.5. The Morgan fingerprint density at radius 2 is 1.62 bits per heavy atom. The van der Waals surface area contributed by atoms with Crippen LogP contribution < -0.4 is 5.32 Å². The molecule has 1 N–H and O–H groups in total. The molecule has 0 saturated carbocycles. The van der Waals surface area contributed by atoms with Crippen LogP contribution in [0.1, 0.15) is 24.8 Å². The van der Waals surface area contributed by atoms with Crippen LogP contribution >= 0.6 is 0 Å². The van der Waals surface area contributed by atoms with Gasteiger partial charge in [0.15, 0.2) is 0 Å². The van der Waals surface area contributed by atoms with Crippen LogP contribution in [-0.4, -0.2) is 38.8 Å².